The third-order valence-corrected chi connectivity index (χ3v) is 5.10. The first-order chi connectivity index (χ1) is 8.83. The van der Waals surface area contributed by atoms with E-state index in [9.17, 15) is 0 Å². The smallest absolute Gasteiger partial charge is 0.00952 e. The van der Waals surface area contributed by atoms with Crippen molar-refractivity contribution in [2.24, 2.45) is 11.8 Å². The molecule has 104 valence electrons. The van der Waals surface area contributed by atoms with E-state index in [1.54, 1.807) is 0 Å². The molecule has 0 N–H and O–H groups in total. The summed E-state index contributed by atoms with van der Waals surface area (Å²) < 4.78 is 0. The molecule has 1 heteroatoms. The van der Waals surface area contributed by atoms with Gasteiger partial charge in [-0.05, 0) is 69.9 Å². The third kappa shape index (κ3) is 3.98. The van der Waals surface area contributed by atoms with Crippen LogP contribution in [0.1, 0.15) is 71.6 Å². The quantitative estimate of drug-likeness (QED) is 0.691. The second kappa shape index (κ2) is 7.53. The summed E-state index contributed by atoms with van der Waals surface area (Å²) >= 11 is 0. The second-order valence-electron chi connectivity index (χ2n) is 6.23. The first-order valence-corrected chi connectivity index (χ1v) is 8.33. The maximum atomic E-state index is 3.93. The van der Waals surface area contributed by atoms with Gasteiger partial charge in [-0.1, -0.05) is 33.1 Å². The number of nitrogens with zero attached hydrogens (tertiary/aromatic N) is 1. The van der Waals surface area contributed by atoms with Crippen LogP contribution in [0, 0.1) is 18.3 Å². The zero-order chi connectivity index (χ0) is 12.8. The summed E-state index contributed by atoms with van der Waals surface area (Å²) in [6.07, 6.45) is 16.8. The molecule has 0 aromatic rings. The van der Waals surface area contributed by atoms with E-state index in [1.165, 1.54) is 70.9 Å². The van der Waals surface area contributed by atoms with Gasteiger partial charge in [0.25, 0.3) is 0 Å². The molecule has 1 nitrogen and oxygen atoms in total. The van der Waals surface area contributed by atoms with Gasteiger partial charge in [0.05, 0.1) is 0 Å². The van der Waals surface area contributed by atoms with Gasteiger partial charge in [0, 0.05) is 6.04 Å². The molecular weight excluding hydrogens is 218 g/mol. The van der Waals surface area contributed by atoms with Crippen LogP contribution in [0.3, 0.4) is 0 Å². The molecule has 0 aliphatic heterocycles. The van der Waals surface area contributed by atoms with E-state index < -0.39 is 0 Å². The van der Waals surface area contributed by atoms with Crippen LogP contribution in [-0.2, 0) is 0 Å². The molecule has 0 amide bonds. The van der Waals surface area contributed by atoms with Crippen molar-refractivity contribution in [1.82, 2.24) is 4.90 Å². The summed E-state index contributed by atoms with van der Waals surface area (Å²) in [5, 5.41) is 0. The Balaban J connectivity index is 1.69. The van der Waals surface area contributed by atoms with Crippen molar-refractivity contribution < 1.29 is 0 Å². The highest BCUT2D eigenvalue weighted by Gasteiger charge is 2.27. The van der Waals surface area contributed by atoms with Gasteiger partial charge in [0.2, 0.25) is 0 Å². The predicted octanol–water partition coefficient (Wildman–Crippen LogP) is 4.55. The van der Waals surface area contributed by atoms with Crippen LogP contribution in [0.25, 0.3) is 0 Å². The summed E-state index contributed by atoms with van der Waals surface area (Å²) in [7, 11) is 0. The lowest BCUT2D eigenvalue weighted by atomic mass is 9.76. The molecule has 2 rings (SSSR count). The summed E-state index contributed by atoms with van der Waals surface area (Å²) in [4.78, 5) is 2.65. The normalized spacial score (nSPS) is 30.8. The molecule has 0 atom stereocenters. The van der Waals surface area contributed by atoms with E-state index >= 15 is 0 Å². The molecule has 0 aromatic heterocycles. The molecule has 2 aliphatic carbocycles. The minimum absolute atomic E-state index is 0.819. The van der Waals surface area contributed by atoms with E-state index in [1.807, 2.05) is 0 Å². The minimum Gasteiger partial charge on any atom is -0.301 e. The molecule has 0 spiro atoms. The SMILES string of the molecule is CCN(CC)C1CCC([C]C2CCCCC2)CC1. The lowest BCUT2D eigenvalue weighted by Gasteiger charge is -2.37. The van der Waals surface area contributed by atoms with E-state index in [0.29, 0.717) is 0 Å². The monoisotopic (exact) mass is 249 g/mol. The van der Waals surface area contributed by atoms with Gasteiger partial charge >= 0.3 is 0 Å². The Bertz CT molecular complexity index is 208. The molecule has 2 aliphatic rings. The Labute approximate surface area is 114 Å². The Hall–Kier alpha value is -0.0400. The predicted molar refractivity (Wildman–Crippen MR) is 78.5 cm³/mol. The maximum absolute atomic E-state index is 3.93. The number of rotatable bonds is 5. The van der Waals surface area contributed by atoms with Gasteiger partial charge in [-0.15, -0.1) is 0 Å². The summed E-state index contributed by atoms with van der Waals surface area (Å²) in [6, 6.07) is 0.865. The summed E-state index contributed by atoms with van der Waals surface area (Å²) in [5.41, 5.74) is 0. The molecule has 0 bridgehead atoms. The Morgan fingerprint density at radius 3 is 1.89 bits per heavy atom. The second-order valence-corrected chi connectivity index (χ2v) is 6.23. The summed E-state index contributed by atoms with van der Waals surface area (Å²) in [6.45, 7) is 7.05. The first-order valence-electron chi connectivity index (χ1n) is 8.33. The van der Waals surface area contributed by atoms with Crippen LogP contribution >= 0.6 is 0 Å². The van der Waals surface area contributed by atoms with E-state index in [4.69, 9.17) is 0 Å². The van der Waals surface area contributed by atoms with Crippen molar-refractivity contribution in [3.8, 4) is 0 Å². The molecule has 2 fully saturated rings. The maximum Gasteiger partial charge on any atom is 0.00952 e. The van der Waals surface area contributed by atoms with Crippen LogP contribution < -0.4 is 0 Å². The highest BCUT2D eigenvalue weighted by atomic mass is 15.1. The molecule has 2 radical (unpaired) electrons. The van der Waals surface area contributed by atoms with Crippen molar-refractivity contribution >= 4 is 0 Å². The lowest BCUT2D eigenvalue weighted by molar-refractivity contribution is 0.151. The van der Waals surface area contributed by atoms with Crippen molar-refractivity contribution in [3.05, 3.63) is 6.42 Å². The molecule has 0 saturated heterocycles. The van der Waals surface area contributed by atoms with Crippen molar-refractivity contribution in [3.63, 3.8) is 0 Å². The largest absolute Gasteiger partial charge is 0.301 e. The Kier molecular flexibility index (Phi) is 6.01. The molecular formula is C17H31N. The van der Waals surface area contributed by atoms with Crippen LogP contribution in [0.15, 0.2) is 0 Å². The Morgan fingerprint density at radius 2 is 1.33 bits per heavy atom. The van der Waals surface area contributed by atoms with E-state index in [0.717, 1.165) is 17.9 Å². The van der Waals surface area contributed by atoms with Gasteiger partial charge in [0.15, 0.2) is 0 Å². The average Bonchev–Trinajstić information content (AvgIpc) is 2.43. The highest BCUT2D eigenvalue weighted by Crippen LogP contribution is 2.35. The van der Waals surface area contributed by atoms with Crippen LogP contribution in [0.2, 0.25) is 0 Å². The zero-order valence-electron chi connectivity index (χ0n) is 12.5. The fraction of sp³-hybridized carbons (Fsp3) is 0.941. The van der Waals surface area contributed by atoms with Gasteiger partial charge in [0.1, 0.15) is 0 Å². The summed E-state index contributed by atoms with van der Waals surface area (Å²) in [5.74, 6) is 1.66. The van der Waals surface area contributed by atoms with Gasteiger partial charge in [-0.2, -0.15) is 0 Å². The first kappa shape index (κ1) is 14.4. The molecule has 18 heavy (non-hydrogen) atoms. The van der Waals surface area contributed by atoms with Crippen LogP contribution in [0.5, 0.6) is 0 Å². The van der Waals surface area contributed by atoms with Crippen LogP contribution in [-0.4, -0.2) is 24.0 Å². The van der Waals surface area contributed by atoms with Gasteiger partial charge in [-0.25, -0.2) is 0 Å². The standard InChI is InChI=1S/C17H31N/c1-3-18(4-2)17-12-10-16(11-13-17)14-15-8-6-5-7-9-15/h15-17H,3-13H2,1-2H3. The van der Waals surface area contributed by atoms with Crippen molar-refractivity contribution in [2.75, 3.05) is 13.1 Å². The topological polar surface area (TPSA) is 3.24 Å². The van der Waals surface area contributed by atoms with E-state index in [2.05, 4.69) is 25.2 Å². The van der Waals surface area contributed by atoms with Gasteiger partial charge in [-0.3, -0.25) is 0 Å². The van der Waals surface area contributed by atoms with Crippen molar-refractivity contribution in [1.29, 1.82) is 0 Å². The fourth-order valence-corrected chi connectivity index (χ4v) is 3.95. The lowest BCUT2D eigenvalue weighted by Crippen LogP contribution is -2.38. The molecule has 2 saturated carbocycles. The number of hydrogen-bond acceptors (Lipinski definition) is 1. The fourth-order valence-electron chi connectivity index (χ4n) is 3.95. The molecule has 0 aromatic carbocycles. The van der Waals surface area contributed by atoms with Crippen LogP contribution in [0.4, 0.5) is 0 Å². The number of hydrogen-bond donors (Lipinski definition) is 0. The van der Waals surface area contributed by atoms with Crippen molar-refractivity contribution in [2.45, 2.75) is 77.7 Å². The molecule has 0 unspecified atom stereocenters. The van der Waals surface area contributed by atoms with Gasteiger partial charge < -0.3 is 4.90 Å². The average molecular weight is 249 g/mol. The molecule has 0 heterocycles. The Morgan fingerprint density at radius 1 is 0.778 bits per heavy atom. The zero-order valence-corrected chi connectivity index (χ0v) is 12.5. The minimum atomic E-state index is 0.819. The highest BCUT2D eigenvalue weighted by molar-refractivity contribution is 4.90. The van der Waals surface area contributed by atoms with E-state index in [-0.39, 0.29) is 0 Å². The third-order valence-electron chi connectivity index (χ3n) is 5.10.